The minimum absolute atomic E-state index is 0.0448. The third-order valence-corrected chi connectivity index (χ3v) is 3.11. The summed E-state index contributed by atoms with van der Waals surface area (Å²) in [6, 6.07) is 13.3. The van der Waals surface area contributed by atoms with Crippen LogP contribution >= 0.6 is 0 Å². The van der Waals surface area contributed by atoms with Gasteiger partial charge in [-0.25, -0.2) is 0 Å². The van der Waals surface area contributed by atoms with Gasteiger partial charge in [-0.2, -0.15) is 8.78 Å². The maximum atomic E-state index is 12.2. The Balaban J connectivity index is 1.94. The Hall–Kier alpha value is -2.47. The largest absolute Gasteiger partial charge is 0.435 e. The molecule has 0 aliphatic heterocycles. The number of ether oxygens (including phenoxy) is 2. The lowest BCUT2D eigenvalue weighted by Crippen LogP contribution is -2.22. The first-order chi connectivity index (χ1) is 11.1. The van der Waals surface area contributed by atoms with Crippen LogP contribution in [0.1, 0.15) is 21.5 Å². The average molecular weight is 321 g/mol. The normalized spacial score (nSPS) is 10.6. The van der Waals surface area contributed by atoms with E-state index in [1.165, 1.54) is 24.3 Å². The standard InChI is InChI=1S/C17H17F2NO3/c1-22-11-13-7-5-12(6-8-13)10-20-16(21)14-3-2-4-15(9-14)23-17(18)19/h2-9,17H,10-11H2,1H3,(H,20,21). The highest BCUT2D eigenvalue weighted by molar-refractivity contribution is 5.94. The zero-order chi connectivity index (χ0) is 16.7. The summed E-state index contributed by atoms with van der Waals surface area (Å²) in [5, 5.41) is 2.73. The molecule has 6 heteroatoms. The molecule has 0 aliphatic rings. The fourth-order valence-corrected chi connectivity index (χ4v) is 2.02. The van der Waals surface area contributed by atoms with Gasteiger partial charge in [-0.3, -0.25) is 4.79 Å². The predicted octanol–water partition coefficient (Wildman–Crippen LogP) is 3.36. The fourth-order valence-electron chi connectivity index (χ4n) is 2.02. The minimum Gasteiger partial charge on any atom is -0.435 e. The molecule has 0 heterocycles. The molecule has 0 saturated carbocycles. The first-order valence-corrected chi connectivity index (χ1v) is 6.98. The molecule has 0 spiro atoms. The summed E-state index contributed by atoms with van der Waals surface area (Å²) in [6.07, 6.45) is 0. The number of benzene rings is 2. The highest BCUT2D eigenvalue weighted by atomic mass is 19.3. The molecule has 4 nitrogen and oxygen atoms in total. The molecule has 2 aromatic carbocycles. The smallest absolute Gasteiger partial charge is 0.387 e. The summed E-state index contributed by atoms with van der Waals surface area (Å²) in [5.74, 6) is -0.401. The number of hydrogen-bond donors (Lipinski definition) is 1. The van der Waals surface area contributed by atoms with Crippen LogP contribution in [0.2, 0.25) is 0 Å². The highest BCUT2D eigenvalue weighted by Crippen LogP contribution is 2.16. The molecule has 0 radical (unpaired) electrons. The van der Waals surface area contributed by atoms with Crippen molar-refractivity contribution in [2.45, 2.75) is 19.8 Å². The van der Waals surface area contributed by atoms with E-state index in [1.807, 2.05) is 24.3 Å². The van der Waals surface area contributed by atoms with E-state index in [2.05, 4.69) is 10.1 Å². The van der Waals surface area contributed by atoms with Crippen LogP contribution in [0.4, 0.5) is 8.78 Å². The van der Waals surface area contributed by atoms with Crippen LogP contribution in [-0.4, -0.2) is 19.6 Å². The zero-order valence-electron chi connectivity index (χ0n) is 12.6. The molecule has 2 aromatic rings. The molecule has 0 aliphatic carbocycles. The van der Waals surface area contributed by atoms with Crippen LogP contribution in [0.15, 0.2) is 48.5 Å². The molecule has 2 rings (SSSR count). The molecule has 1 amide bonds. The number of carbonyl (C=O) groups is 1. The Morgan fingerprint density at radius 2 is 1.83 bits per heavy atom. The lowest BCUT2D eigenvalue weighted by molar-refractivity contribution is -0.0498. The molecule has 23 heavy (non-hydrogen) atoms. The fraction of sp³-hybridized carbons (Fsp3) is 0.235. The number of amides is 1. The maximum absolute atomic E-state index is 12.2. The van der Waals surface area contributed by atoms with E-state index < -0.39 is 6.61 Å². The van der Waals surface area contributed by atoms with Crippen molar-refractivity contribution in [3.63, 3.8) is 0 Å². The van der Waals surface area contributed by atoms with Crippen molar-refractivity contribution in [2.75, 3.05) is 7.11 Å². The van der Waals surface area contributed by atoms with Gasteiger partial charge in [-0.15, -0.1) is 0 Å². The van der Waals surface area contributed by atoms with Crippen molar-refractivity contribution < 1.29 is 23.0 Å². The summed E-state index contributed by atoms with van der Waals surface area (Å²) in [7, 11) is 1.63. The SMILES string of the molecule is COCc1ccc(CNC(=O)c2cccc(OC(F)F)c2)cc1. The quantitative estimate of drug-likeness (QED) is 0.850. The van der Waals surface area contributed by atoms with Gasteiger partial charge in [0.05, 0.1) is 6.61 Å². The zero-order valence-corrected chi connectivity index (χ0v) is 12.6. The highest BCUT2D eigenvalue weighted by Gasteiger charge is 2.09. The van der Waals surface area contributed by atoms with E-state index in [9.17, 15) is 13.6 Å². The van der Waals surface area contributed by atoms with Crippen molar-refractivity contribution in [1.82, 2.24) is 5.32 Å². The van der Waals surface area contributed by atoms with Gasteiger partial charge in [-0.05, 0) is 29.3 Å². The Labute approximate surface area is 133 Å². The number of carbonyl (C=O) groups excluding carboxylic acids is 1. The van der Waals surface area contributed by atoms with E-state index in [4.69, 9.17) is 4.74 Å². The van der Waals surface area contributed by atoms with Gasteiger partial charge >= 0.3 is 6.61 Å². The van der Waals surface area contributed by atoms with Crippen LogP contribution in [0.25, 0.3) is 0 Å². The third kappa shape index (κ3) is 5.34. The maximum Gasteiger partial charge on any atom is 0.387 e. The van der Waals surface area contributed by atoms with Gasteiger partial charge in [0.15, 0.2) is 0 Å². The Kier molecular flexibility index (Phi) is 6.05. The number of alkyl halides is 2. The Morgan fingerprint density at radius 3 is 2.48 bits per heavy atom. The monoisotopic (exact) mass is 321 g/mol. The second-order valence-electron chi connectivity index (χ2n) is 4.84. The molecule has 122 valence electrons. The van der Waals surface area contributed by atoms with E-state index in [1.54, 1.807) is 7.11 Å². The predicted molar refractivity (Wildman–Crippen MR) is 81.4 cm³/mol. The van der Waals surface area contributed by atoms with Crippen LogP contribution in [0.5, 0.6) is 5.75 Å². The van der Waals surface area contributed by atoms with Crippen molar-refractivity contribution in [3.05, 3.63) is 65.2 Å². The third-order valence-electron chi connectivity index (χ3n) is 3.11. The average Bonchev–Trinajstić information content (AvgIpc) is 2.54. The Bertz CT molecular complexity index is 645. The summed E-state index contributed by atoms with van der Waals surface area (Å²) in [4.78, 5) is 12.1. The van der Waals surface area contributed by atoms with E-state index in [0.717, 1.165) is 11.1 Å². The lowest BCUT2D eigenvalue weighted by atomic mass is 10.1. The Morgan fingerprint density at radius 1 is 1.13 bits per heavy atom. The van der Waals surface area contributed by atoms with Crippen LogP contribution in [-0.2, 0) is 17.9 Å². The van der Waals surface area contributed by atoms with E-state index in [0.29, 0.717) is 13.2 Å². The molecule has 1 N–H and O–H groups in total. The van der Waals surface area contributed by atoms with Gasteiger partial charge in [0.1, 0.15) is 5.75 Å². The van der Waals surface area contributed by atoms with Gasteiger partial charge in [0.25, 0.3) is 5.91 Å². The molecule has 0 aromatic heterocycles. The summed E-state index contributed by atoms with van der Waals surface area (Å²) >= 11 is 0. The van der Waals surface area contributed by atoms with Crippen LogP contribution in [0, 0.1) is 0 Å². The van der Waals surface area contributed by atoms with Crippen LogP contribution < -0.4 is 10.1 Å². The molecule has 0 saturated heterocycles. The first-order valence-electron chi connectivity index (χ1n) is 6.98. The minimum atomic E-state index is -2.92. The molecule has 0 bridgehead atoms. The summed E-state index contributed by atoms with van der Waals surface area (Å²) in [5.41, 5.74) is 2.23. The number of methoxy groups -OCH3 is 1. The van der Waals surface area contributed by atoms with Gasteiger partial charge in [0.2, 0.25) is 0 Å². The number of rotatable bonds is 7. The van der Waals surface area contributed by atoms with Gasteiger partial charge in [0, 0.05) is 19.2 Å². The van der Waals surface area contributed by atoms with E-state index >= 15 is 0 Å². The second-order valence-corrected chi connectivity index (χ2v) is 4.84. The van der Waals surface area contributed by atoms with Crippen molar-refractivity contribution in [2.24, 2.45) is 0 Å². The lowest BCUT2D eigenvalue weighted by Gasteiger charge is -2.08. The summed E-state index contributed by atoms with van der Waals surface area (Å²) in [6.45, 7) is -2.05. The number of hydrogen-bond acceptors (Lipinski definition) is 3. The second kappa shape index (κ2) is 8.24. The molecular formula is C17H17F2NO3. The van der Waals surface area contributed by atoms with Crippen LogP contribution in [0.3, 0.4) is 0 Å². The summed E-state index contributed by atoms with van der Waals surface area (Å²) < 4.78 is 33.7. The first kappa shape index (κ1) is 16.9. The van der Waals surface area contributed by atoms with Gasteiger partial charge in [-0.1, -0.05) is 30.3 Å². The van der Waals surface area contributed by atoms with Crippen molar-refractivity contribution in [1.29, 1.82) is 0 Å². The van der Waals surface area contributed by atoms with E-state index in [-0.39, 0.29) is 17.2 Å². The van der Waals surface area contributed by atoms with Gasteiger partial charge < -0.3 is 14.8 Å². The van der Waals surface area contributed by atoms with Crippen molar-refractivity contribution in [3.8, 4) is 5.75 Å². The molecule has 0 atom stereocenters. The number of nitrogens with one attached hydrogen (secondary N) is 1. The topological polar surface area (TPSA) is 47.6 Å². The van der Waals surface area contributed by atoms with Crippen molar-refractivity contribution >= 4 is 5.91 Å². The molecule has 0 unspecified atom stereocenters. The molecular weight excluding hydrogens is 304 g/mol. The number of halogens is 2. The molecule has 0 fully saturated rings.